The molecular formula is C14H15N5S2. The number of pyridine rings is 1. The number of rotatable bonds is 5. The zero-order chi connectivity index (χ0) is 14.2. The summed E-state index contributed by atoms with van der Waals surface area (Å²) in [6.07, 6.45) is 4.64. The van der Waals surface area contributed by atoms with Crippen LogP contribution in [0.15, 0.2) is 33.8 Å². The average molecular weight is 317 g/mol. The highest BCUT2D eigenvalue weighted by molar-refractivity contribution is 8.01. The highest BCUT2D eigenvalue weighted by atomic mass is 32.2. The Labute approximate surface area is 130 Å². The molecule has 4 rings (SSSR count). The second-order valence-electron chi connectivity index (χ2n) is 5.14. The zero-order valence-electron chi connectivity index (χ0n) is 11.6. The molecule has 0 aromatic carbocycles. The molecule has 0 atom stereocenters. The minimum absolute atomic E-state index is 0.681. The van der Waals surface area contributed by atoms with Gasteiger partial charge < -0.3 is 9.72 Å². The molecule has 21 heavy (non-hydrogen) atoms. The SMILES string of the molecule is Cc1nnc(Sc2nc3ccccn3c2CNC2CC2)s1. The van der Waals surface area contributed by atoms with Gasteiger partial charge in [-0.2, -0.15) is 0 Å². The lowest BCUT2D eigenvalue weighted by molar-refractivity contribution is 0.661. The predicted molar refractivity (Wildman–Crippen MR) is 83.8 cm³/mol. The molecule has 0 aliphatic heterocycles. The van der Waals surface area contributed by atoms with E-state index in [1.54, 1.807) is 23.1 Å². The molecule has 1 N–H and O–H groups in total. The summed E-state index contributed by atoms with van der Waals surface area (Å²) in [5.41, 5.74) is 2.18. The van der Waals surface area contributed by atoms with E-state index in [1.807, 2.05) is 25.1 Å². The van der Waals surface area contributed by atoms with E-state index in [4.69, 9.17) is 4.98 Å². The van der Waals surface area contributed by atoms with Gasteiger partial charge in [-0.3, -0.25) is 0 Å². The van der Waals surface area contributed by atoms with E-state index in [2.05, 4.69) is 26.1 Å². The number of nitrogens with one attached hydrogen (secondary N) is 1. The summed E-state index contributed by atoms with van der Waals surface area (Å²) in [7, 11) is 0. The molecular weight excluding hydrogens is 302 g/mol. The molecule has 3 heterocycles. The maximum atomic E-state index is 4.74. The fourth-order valence-electron chi connectivity index (χ4n) is 2.20. The molecule has 0 amide bonds. The Hall–Kier alpha value is -1.44. The van der Waals surface area contributed by atoms with Gasteiger partial charge in [-0.1, -0.05) is 17.4 Å². The third-order valence-corrected chi connectivity index (χ3v) is 5.33. The summed E-state index contributed by atoms with van der Waals surface area (Å²) in [6, 6.07) is 6.78. The molecule has 0 unspecified atom stereocenters. The number of aryl methyl sites for hydroxylation is 1. The Morgan fingerprint density at radius 2 is 2.29 bits per heavy atom. The van der Waals surface area contributed by atoms with Crippen LogP contribution in [0.5, 0.6) is 0 Å². The minimum atomic E-state index is 0.681. The molecule has 0 bridgehead atoms. The number of imidazole rings is 1. The van der Waals surface area contributed by atoms with Crippen LogP contribution in [0.1, 0.15) is 23.5 Å². The summed E-state index contributed by atoms with van der Waals surface area (Å²) in [5.74, 6) is 0. The maximum absolute atomic E-state index is 4.74. The third kappa shape index (κ3) is 2.81. The van der Waals surface area contributed by atoms with Gasteiger partial charge in [-0.05, 0) is 43.7 Å². The summed E-state index contributed by atoms with van der Waals surface area (Å²) < 4.78 is 3.11. The van der Waals surface area contributed by atoms with Crippen LogP contribution in [0.2, 0.25) is 0 Å². The number of hydrogen-bond acceptors (Lipinski definition) is 6. The van der Waals surface area contributed by atoms with Crippen LogP contribution in [0.4, 0.5) is 0 Å². The molecule has 3 aromatic rings. The largest absolute Gasteiger partial charge is 0.308 e. The average Bonchev–Trinajstić information content (AvgIpc) is 3.13. The fourth-order valence-corrected chi connectivity index (χ4v) is 4.05. The molecule has 7 heteroatoms. The van der Waals surface area contributed by atoms with Gasteiger partial charge >= 0.3 is 0 Å². The number of aromatic nitrogens is 4. The van der Waals surface area contributed by atoms with Crippen LogP contribution in [0.3, 0.4) is 0 Å². The Balaban J connectivity index is 1.69. The molecule has 1 saturated carbocycles. The van der Waals surface area contributed by atoms with Gasteiger partial charge in [0.15, 0.2) is 4.34 Å². The van der Waals surface area contributed by atoms with Gasteiger partial charge in [0, 0.05) is 18.8 Å². The van der Waals surface area contributed by atoms with E-state index >= 15 is 0 Å². The molecule has 3 aromatic heterocycles. The van der Waals surface area contributed by atoms with Crippen LogP contribution in [-0.2, 0) is 6.54 Å². The van der Waals surface area contributed by atoms with Crippen LogP contribution < -0.4 is 5.32 Å². The molecule has 0 spiro atoms. The highest BCUT2D eigenvalue weighted by Crippen LogP contribution is 2.32. The van der Waals surface area contributed by atoms with Crippen molar-refractivity contribution in [2.75, 3.05) is 0 Å². The van der Waals surface area contributed by atoms with Crippen molar-refractivity contribution in [3.63, 3.8) is 0 Å². The number of hydrogen-bond donors (Lipinski definition) is 1. The van der Waals surface area contributed by atoms with E-state index in [9.17, 15) is 0 Å². The zero-order valence-corrected chi connectivity index (χ0v) is 13.2. The topological polar surface area (TPSA) is 55.1 Å². The van der Waals surface area contributed by atoms with E-state index < -0.39 is 0 Å². The van der Waals surface area contributed by atoms with E-state index in [1.165, 1.54) is 18.5 Å². The first-order valence-corrected chi connectivity index (χ1v) is 8.60. The van der Waals surface area contributed by atoms with E-state index in [-0.39, 0.29) is 0 Å². The normalized spacial score (nSPS) is 14.9. The molecule has 0 saturated heterocycles. The highest BCUT2D eigenvalue weighted by Gasteiger charge is 2.22. The Morgan fingerprint density at radius 1 is 1.38 bits per heavy atom. The first-order chi connectivity index (χ1) is 10.3. The Kier molecular flexibility index (Phi) is 3.40. The first-order valence-electron chi connectivity index (χ1n) is 6.97. The van der Waals surface area contributed by atoms with Crippen molar-refractivity contribution in [1.29, 1.82) is 0 Å². The Morgan fingerprint density at radius 3 is 3.05 bits per heavy atom. The predicted octanol–water partition coefficient (Wildman–Crippen LogP) is 2.90. The fraction of sp³-hybridized carbons (Fsp3) is 0.357. The van der Waals surface area contributed by atoms with E-state index in [0.29, 0.717) is 6.04 Å². The summed E-state index contributed by atoms with van der Waals surface area (Å²) in [5, 5.41) is 13.8. The van der Waals surface area contributed by atoms with E-state index in [0.717, 1.165) is 26.6 Å². The van der Waals surface area contributed by atoms with Gasteiger partial charge in [0.2, 0.25) is 0 Å². The van der Waals surface area contributed by atoms with Gasteiger partial charge in [-0.25, -0.2) is 4.98 Å². The number of nitrogens with zero attached hydrogens (tertiary/aromatic N) is 4. The molecule has 108 valence electrons. The lowest BCUT2D eigenvalue weighted by Gasteiger charge is -2.05. The van der Waals surface area contributed by atoms with Crippen molar-refractivity contribution in [3.05, 3.63) is 35.1 Å². The monoisotopic (exact) mass is 317 g/mol. The van der Waals surface area contributed by atoms with Crippen LogP contribution >= 0.6 is 23.1 Å². The smallest absolute Gasteiger partial charge is 0.180 e. The second-order valence-corrected chi connectivity index (χ2v) is 7.55. The van der Waals surface area contributed by atoms with Gasteiger partial charge in [0.05, 0.1) is 5.69 Å². The quantitative estimate of drug-likeness (QED) is 0.784. The maximum Gasteiger partial charge on any atom is 0.180 e. The summed E-state index contributed by atoms with van der Waals surface area (Å²) >= 11 is 3.21. The molecule has 1 fully saturated rings. The Bertz CT molecular complexity index is 775. The van der Waals surface area contributed by atoms with Crippen molar-refractivity contribution in [1.82, 2.24) is 24.9 Å². The van der Waals surface area contributed by atoms with Gasteiger partial charge in [-0.15, -0.1) is 10.2 Å². The summed E-state index contributed by atoms with van der Waals surface area (Å²) in [6.45, 7) is 2.82. The molecule has 1 aliphatic carbocycles. The van der Waals surface area contributed by atoms with Crippen molar-refractivity contribution >= 4 is 28.7 Å². The summed E-state index contributed by atoms with van der Waals surface area (Å²) in [4.78, 5) is 4.74. The molecule has 5 nitrogen and oxygen atoms in total. The third-order valence-electron chi connectivity index (χ3n) is 3.42. The second kappa shape index (κ2) is 5.40. The standard InChI is InChI=1S/C14H15N5S2/c1-9-17-18-14(20-9)21-13-11(8-15-10-5-6-10)19-7-3-2-4-12(19)16-13/h2-4,7,10,15H,5-6,8H2,1H3. The molecule has 1 aliphatic rings. The lowest BCUT2D eigenvalue weighted by Crippen LogP contribution is -2.17. The van der Waals surface area contributed by atoms with Crippen LogP contribution in [-0.4, -0.2) is 25.6 Å². The molecule has 0 radical (unpaired) electrons. The van der Waals surface area contributed by atoms with Crippen LogP contribution in [0.25, 0.3) is 5.65 Å². The van der Waals surface area contributed by atoms with Crippen molar-refractivity contribution < 1.29 is 0 Å². The van der Waals surface area contributed by atoms with Crippen molar-refractivity contribution in [3.8, 4) is 0 Å². The van der Waals surface area contributed by atoms with Gasteiger partial charge in [0.25, 0.3) is 0 Å². The minimum Gasteiger partial charge on any atom is -0.308 e. The van der Waals surface area contributed by atoms with Crippen molar-refractivity contribution in [2.24, 2.45) is 0 Å². The van der Waals surface area contributed by atoms with Crippen LogP contribution in [0, 0.1) is 6.92 Å². The van der Waals surface area contributed by atoms with Gasteiger partial charge in [0.1, 0.15) is 15.7 Å². The lowest BCUT2D eigenvalue weighted by atomic mass is 10.4. The first kappa shape index (κ1) is 13.2. The van der Waals surface area contributed by atoms with Crippen molar-refractivity contribution in [2.45, 2.75) is 41.7 Å². The number of fused-ring (bicyclic) bond motifs is 1.